The minimum atomic E-state index is -0.376. The number of nitrogens with one attached hydrogen (secondary N) is 1. The van der Waals surface area contributed by atoms with Crippen molar-refractivity contribution in [1.29, 1.82) is 0 Å². The van der Waals surface area contributed by atoms with Gasteiger partial charge in [-0.3, -0.25) is 19.3 Å². The summed E-state index contributed by atoms with van der Waals surface area (Å²) < 4.78 is 6.38. The van der Waals surface area contributed by atoms with E-state index in [1.807, 2.05) is 56.4 Å². The summed E-state index contributed by atoms with van der Waals surface area (Å²) >= 11 is 1.44. The summed E-state index contributed by atoms with van der Waals surface area (Å²) in [6, 6.07) is 10.0. The lowest BCUT2D eigenvalue weighted by molar-refractivity contribution is -0.143. The Hall–Kier alpha value is -2.62. The largest absolute Gasteiger partial charge is 0.371 e. The van der Waals surface area contributed by atoms with E-state index in [2.05, 4.69) is 57.0 Å². The van der Waals surface area contributed by atoms with Crippen LogP contribution in [-0.2, 0) is 20.7 Å². The number of carbonyl (C=O) groups is 3. The predicted molar refractivity (Wildman–Crippen MR) is 196 cm³/mol. The number of ether oxygens (including phenoxy) is 1. The Morgan fingerprint density at radius 2 is 1.75 bits per heavy atom. The molecule has 48 heavy (non-hydrogen) atoms. The summed E-state index contributed by atoms with van der Waals surface area (Å²) in [4.78, 5) is 49.8. The lowest BCUT2D eigenvalue weighted by atomic mass is 9.84. The Labute approximate surface area is 294 Å². The van der Waals surface area contributed by atoms with Crippen LogP contribution in [0.5, 0.6) is 0 Å². The van der Waals surface area contributed by atoms with Gasteiger partial charge < -0.3 is 15.0 Å². The molecule has 1 aliphatic heterocycles. The predicted octanol–water partition coefficient (Wildman–Crippen LogP) is 7.59. The topological polar surface area (TPSA) is 91.8 Å². The molecule has 0 radical (unpaired) electrons. The second-order valence-corrected chi connectivity index (χ2v) is 15.8. The Kier molecular flexibility index (Phi) is 16.2. The third-order valence-electron chi connectivity index (χ3n) is 9.72. The van der Waals surface area contributed by atoms with Gasteiger partial charge in [-0.15, -0.1) is 11.3 Å². The number of ketones is 1. The number of thiazole rings is 1. The first-order chi connectivity index (χ1) is 22.8. The molecule has 2 heterocycles. The molecule has 0 aliphatic carbocycles. The van der Waals surface area contributed by atoms with E-state index < -0.39 is 0 Å². The molecule has 1 aromatic carbocycles. The number of piperidine rings is 1. The van der Waals surface area contributed by atoms with Crippen molar-refractivity contribution in [3.05, 3.63) is 52.0 Å². The normalized spacial score (nSPS) is 18.1. The number of likely N-dealkylation sites (N-methyl/N-ethyl adjacent to an activating group) is 1. The highest BCUT2D eigenvalue weighted by molar-refractivity contribution is 7.09. The average Bonchev–Trinajstić information content (AvgIpc) is 3.53. The van der Waals surface area contributed by atoms with Crippen LogP contribution in [0.3, 0.4) is 0 Å². The molecule has 3 rings (SSSR count). The smallest absolute Gasteiger partial charge is 0.270 e. The molecule has 0 spiro atoms. The summed E-state index contributed by atoms with van der Waals surface area (Å²) in [6.07, 6.45) is 6.00. The number of likely N-dealkylation sites (tertiary alicyclic amines) is 1. The van der Waals surface area contributed by atoms with E-state index in [4.69, 9.17) is 9.72 Å². The van der Waals surface area contributed by atoms with E-state index in [0.29, 0.717) is 24.6 Å². The van der Waals surface area contributed by atoms with Crippen molar-refractivity contribution in [2.75, 3.05) is 27.2 Å². The van der Waals surface area contributed by atoms with Crippen LogP contribution in [-0.4, -0.2) is 77.8 Å². The molecule has 9 heteroatoms. The van der Waals surface area contributed by atoms with Crippen LogP contribution < -0.4 is 5.32 Å². The number of nitrogens with zero attached hydrogens (tertiary/aromatic N) is 3. The van der Waals surface area contributed by atoms with Crippen molar-refractivity contribution in [3.8, 4) is 0 Å². The Morgan fingerprint density at radius 3 is 2.35 bits per heavy atom. The maximum absolute atomic E-state index is 14.1. The van der Waals surface area contributed by atoms with Crippen molar-refractivity contribution in [2.45, 2.75) is 124 Å². The van der Waals surface area contributed by atoms with Crippen LogP contribution in [0.2, 0.25) is 0 Å². The number of Topliss-reactive ketones (excluding diaryl/α,β-unsaturated/α-hetero) is 1. The van der Waals surface area contributed by atoms with Crippen molar-refractivity contribution in [1.82, 2.24) is 20.1 Å². The Morgan fingerprint density at radius 1 is 1.04 bits per heavy atom. The van der Waals surface area contributed by atoms with E-state index in [1.165, 1.54) is 16.9 Å². The highest BCUT2D eigenvalue weighted by Gasteiger charge is 2.36. The van der Waals surface area contributed by atoms with Crippen molar-refractivity contribution in [2.24, 2.45) is 23.7 Å². The maximum atomic E-state index is 14.1. The zero-order chi connectivity index (χ0) is 35.4. The van der Waals surface area contributed by atoms with Crippen LogP contribution in [0.15, 0.2) is 35.7 Å². The van der Waals surface area contributed by atoms with E-state index in [0.717, 1.165) is 50.1 Å². The first-order valence-corrected chi connectivity index (χ1v) is 19.1. The zero-order valence-corrected chi connectivity index (χ0v) is 31.9. The number of benzene rings is 1. The first-order valence-electron chi connectivity index (χ1n) is 18.2. The fraction of sp³-hybridized carbons (Fsp3) is 0.692. The molecule has 1 saturated heterocycles. The fourth-order valence-electron chi connectivity index (χ4n) is 6.93. The highest BCUT2D eigenvalue weighted by atomic mass is 32.1. The third-order valence-corrected chi connectivity index (χ3v) is 10.7. The second kappa shape index (κ2) is 19.5. The molecular formula is C39H62N4O4S. The van der Waals surface area contributed by atoms with Gasteiger partial charge in [0.25, 0.3) is 5.91 Å². The van der Waals surface area contributed by atoms with Crippen LogP contribution in [0.4, 0.5) is 0 Å². The quantitative estimate of drug-likeness (QED) is 0.164. The number of amides is 2. The Bertz CT molecular complexity index is 1280. The lowest BCUT2D eigenvalue weighted by Gasteiger charge is -2.37. The second-order valence-electron chi connectivity index (χ2n) is 14.9. The monoisotopic (exact) mass is 682 g/mol. The first kappa shape index (κ1) is 39.8. The van der Waals surface area contributed by atoms with Gasteiger partial charge in [0.2, 0.25) is 5.91 Å². The minimum absolute atomic E-state index is 0.00136. The SMILES string of the molecule is CCCO[C@H](C[C@H](C(C)C)N(C)C(=O)[C@@H](CC(=O)[C@H]1CCCCN1C)C(C)C)c1nc(C(=O)N[C@@H](Cc2ccccc2)CC(C)C)cs1. The van der Waals surface area contributed by atoms with Crippen molar-refractivity contribution < 1.29 is 19.1 Å². The van der Waals surface area contributed by atoms with E-state index in [1.54, 1.807) is 0 Å². The maximum Gasteiger partial charge on any atom is 0.270 e. The molecule has 5 atom stereocenters. The molecule has 1 N–H and O–H groups in total. The summed E-state index contributed by atoms with van der Waals surface area (Å²) in [5, 5.41) is 5.82. The molecule has 1 aromatic heterocycles. The number of hydrogen-bond acceptors (Lipinski definition) is 7. The molecule has 268 valence electrons. The van der Waals surface area contributed by atoms with E-state index in [-0.39, 0.29) is 66.0 Å². The molecule has 8 nitrogen and oxygen atoms in total. The standard InChI is InChI=1S/C39H62N4O4S/c1-10-20-47-36(38-41-32(25-48-38)37(45)40-30(21-26(2)3)22-29-16-12-11-13-17-29)24-34(28(6)7)43(9)39(46)31(27(4)5)23-35(44)33-18-14-15-19-42(33)8/h11-13,16-17,25-28,30-31,33-34,36H,10,14-15,18-24H2,1-9H3,(H,40,45)/t30-,31+,33-,34-,36-/m1/s1. The van der Waals surface area contributed by atoms with Crippen LogP contribution in [0, 0.1) is 23.7 Å². The molecule has 0 unspecified atom stereocenters. The van der Waals surface area contributed by atoms with Crippen LogP contribution in [0.25, 0.3) is 0 Å². The highest BCUT2D eigenvalue weighted by Crippen LogP contribution is 2.32. The molecule has 1 fully saturated rings. The average molecular weight is 683 g/mol. The van der Waals surface area contributed by atoms with Crippen LogP contribution >= 0.6 is 11.3 Å². The zero-order valence-electron chi connectivity index (χ0n) is 31.0. The van der Waals surface area contributed by atoms with Gasteiger partial charge in [0, 0.05) is 49.9 Å². The van der Waals surface area contributed by atoms with Crippen molar-refractivity contribution in [3.63, 3.8) is 0 Å². The minimum Gasteiger partial charge on any atom is -0.371 e. The van der Waals surface area contributed by atoms with Crippen molar-refractivity contribution >= 4 is 28.9 Å². The molecule has 0 bridgehead atoms. The lowest BCUT2D eigenvalue weighted by Crippen LogP contribution is -2.48. The summed E-state index contributed by atoms with van der Waals surface area (Å²) in [7, 11) is 3.90. The fourth-order valence-corrected chi connectivity index (χ4v) is 7.78. The van der Waals surface area contributed by atoms with Gasteiger partial charge in [0.05, 0.1) is 6.04 Å². The van der Waals surface area contributed by atoms with E-state index >= 15 is 0 Å². The molecule has 0 saturated carbocycles. The van der Waals surface area contributed by atoms with Gasteiger partial charge >= 0.3 is 0 Å². The van der Waals surface area contributed by atoms with E-state index in [9.17, 15) is 14.4 Å². The van der Waals surface area contributed by atoms with Gasteiger partial charge in [-0.05, 0) is 69.0 Å². The van der Waals surface area contributed by atoms with Gasteiger partial charge in [-0.2, -0.15) is 0 Å². The molecule has 1 aliphatic rings. The van der Waals surface area contributed by atoms with Crippen LogP contribution in [0.1, 0.15) is 121 Å². The molecular weight excluding hydrogens is 621 g/mol. The third kappa shape index (κ3) is 11.8. The number of hydrogen-bond donors (Lipinski definition) is 1. The summed E-state index contributed by atoms with van der Waals surface area (Å²) in [5.74, 6) is 0.269. The van der Waals surface area contributed by atoms with Gasteiger partial charge in [0.1, 0.15) is 16.8 Å². The number of carbonyl (C=O) groups excluding carboxylic acids is 3. The van der Waals surface area contributed by atoms with Gasteiger partial charge in [-0.1, -0.05) is 85.2 Å². The molecule has 2 amide bonds. The number of aromatic nitrogens is 1. The molecule has 2 aromatic rings. The van der Waals surface area contributed by atoms with Gasteiger partial charge in [0.15, 0.2) is 5.78 Å². The number of rotatable bonds is 19. The van der Waals surface area contributed by atoms with Gasteiger partial charge in [-0.25, -0.2) is 4.98 Å². The summed E-state index contributed by atoms with van der Waals surface area (Å²) in [6.45, 7) is 16.2. The summed E-state index contributed by atoms with van der Waals surface area (Å²) in [5.41, 5.74) is 1.60. The Balaban J connectivity index is 1.76.